The van der Waals surface area contributed by atoms with Crippen LogP contribution in [0.3, 0.4) is 0 Å². The van der Waals surface area contributed by atoms with E-state index in [4.69, 9.17) is 9.84 Å². The van der Waals surface area contributed by atoms with Gasteiger partial charge in [-0.3, -0.25) is 0 Å². The lowest BCUT2D eigenvalue weighted by molar-refractivity contribution is 0.280. The Morgan fingerprint density at radius 1 is 1.00 bits per heavy atom. The first kappa shape index (κ1) is 13.0. The van der Waals surface area contributed by atoms with E-state index in [-0.39, 0.29) is 6.61 Å². The topological polar surface area (TPSA) is 29.5 Å². The zero-order chi connectivity index (χ0) is 12.6. The number of hydrogen-bond acceptors (Lipinski definition) is 3. The molecule has 3 heteroatoms. The molecule has 0 amide bonds. The number of aliphatic hydroxyl groups is 1. The minimum Gasteiger partial charge on any atom is -0.493 e. The van der Waals surface area contributed by atoms with E-state index in [1.54, 1.807) is 11.8 Å². The summed E-state index contributed by atoms with van der Waals surface area (Å²) in [5.74, 6) is 1.73. The van der Waals surface area contributed by atoms with Gasteiger partial charge in [0.25, 0.3) is 0 Å². The molecule has 2 aromatic carbocycles. The number of hydrogen-bond donors (Lipinski definition) is 1. The van der Waals surface area contributed by atoms with Crippen LogP contribution in [-0.4, -0.2) is 17.5 Å². The van der Waals surface area contributed by atoms with Crippen molar-refractivity contribution in [2.75, 3.05) is 12.4 Å². The first-order chi connectivity index (χ1) is 8.88. The Balaban J connectivity index is 1.75. The maximum Gasteiger partial charge on any atom is 0.119 e. The van der Waals surface area contributed by atoms with Gasteiger partial charge < -0.3 is 9.84 Å². The molecule has 18 heavy (non-hydrogen) atoms. The number of ether oxygens (including phenoxy) is 1. The average Bonchev–Trinajstić information content (AvgIpc) is 2.45. The molecule has 1 N–H and O–H groups in total. The molecule has 0 aliphatic carbocycles. The molecule has 0 aromatic heterocycles. The molecule has 0 saturated heterocycles. The summed E-state index contributed by atoms with van der Waals surface area (Å²) in [4.78, 5) is 1.25. The minimum atomic E-state index is 0.0516. The lowest BCUT2D eigenvalue weighted by atomic mass is 10.2. The Kier molecular flexibility index (Phi) is 5.12. The SMILES string of the molecule is OCc1cccc(OCCSc2ccccc2)c1. The van der Waals surface area contributed by atoms with E-state index in [9.17, 15) is 0 Å². The molecule has 2 nitrogen and oxygen atoms in total. The average molecular weight is 260 g/mol. The standard InChI is InChI=1S/C15H16O2S/c16-12-13-5-4-6-14(11-13)17-9-10-18-15-7-2-1-3-8-15/h1-8,11,16H,9-10,12H2. The maximum absolute atomic E-state index is 9.02. The third-order valence-corrected chi connectivity index (χ3v) is 3.42. The molecule has 94 valence electrons. The van der Waals surface area contributed by atoms with Crippen molar-refractivity contribution in [1.82, 2.24) is 0 Å². The van der Waals surface area contributed by atoms with Crippen LogP contribution in [0.15, 0.2) is 59.5 Å². The van der Waals surface area contributed by atoms with Crippen molar-refractivity contribution in [1.29, 1.82) is 0 Å². The van der Waals surface area contributed by atoms with Crippen LogP contribution in [0.5, 0.6) is 5.75 Å². The molecule has 0 saturated carbocycles. The number of rotatable bonds is 6. The van der Waals surface area contributed by atoms with Gasteiger partial charge in [-0.05, 0) is 29.8 Å². The van der Waals surface area contributed by atoms with Crippen LogP contribution in [0.2, 0.25) is 0 Å². The van der Waals surface area contributed by atoms with Gasteiger partial charge in [-0.25, -0.2) is 0 Å². The first-order valence-corrected chi connectivity index (χ1v) is 6.87. The summed E-state index contributed by atoms with van der Waals surface area (Å²) in [5, 5.41) is 9.02. The van der Waals surface area contributed by atoms with Gasteiger partial charge in [-0.1, -0.05) is 30.3 Å². The maximum atomic E-state index is 9.02. The molecule has 0 spiro atoms. The zero-order valence-electron chi connectivity index (χ0n) is 10.1. The van der Waals surface area contributed by atoms with Crippen LogP contribution < -0.4 is 4.74 Å². The molecule has 0 radical (unpaired) electrons. The fourth-order valence-corrected chi connectivity index (χ4v) is 2.32. The minimum absolute atomic E-state index is 0.0516. The monoisotopic (exact) mass is 260 g/mol. The fraction of sp³-hybridized carbons (Fsp3) is 0.200. The number of benzene rings is 2. The molecule has 0 fully saturated rings. The second kappa shape index (κ2) is 7.09. The molecule has 2 rings (SSSR count). The highest BCUT2D eigenvalue weighted by Gasteiger charge is 1.97. The van der Waals surface area contributed by atoms with Gasteiger partial charge in [0.15, 0.2) is 0 Å². The number of thioether (sulfide) groups is 1. The molecule has 0 aliphatic rings. The lowest BCUT2D eigenvalue weighted by Gasteiger charge is -2.07. The largest absolute Gasteiger partial charge is 0.493 e. The molecule has 2 aromatic rings. The van der Waals surface area contributed by atoms with Crippen molar-refractivity contribution in [3.8, 4) is 5.75 Å². The van der Waals surface area contributed by atoms with Crippen LogP contribution in [-0.2, 0) is 6.61 Å². The molecule has 0 heterocycles. The van der Waals surface area contributed by atoms with Crippen molar-refractivity contribution >= 4 is 11.8 Å². The molecule has 0 unspecified atom stereocenters. The van der Waals surface area contributed by atoms with E-state index in [1.165, 1.54) is 4.90 Å². The van der Waals surface area contributed by atoms with E-state index in [0.717, 1.165) is 17.1 Å². The van der Waals surface area contributed by atoms with Crippen LogP contribution in [0.25, 0.3) is 0 Å². The van der Waals surface area contributed by atoms with Gasteiger partial charge in [-0.2, -0.15) is 0 Å². The van der Waals surface area contributed by atoms with Crippen molar-refractivity contribution in [3.05, 3.63) is 60.2 Å². The van der Waals surface area contributed by atoms with Crippen molar-refractivity contribution < 1.29 is 9.84 Å². The van der Waals surface area contributed by atoms with Crippen molar-refractivity contribution in [2.24, 2.45) is 0 Å². The Bertz CT molecular complexity index is 471. The van der Waals surface area contributed by atoms with Crippen molar-refractivity contribution in [3.63, 3.8) is 0 Å². The summed E-state index contributed by atoms with van der Waals surface area (Å²) in [5.41, 5.74) is 0.878. The van der Waals surface area contributed by atoms with Crippen LogP contribution >= 0.6 is 11.8 Å². The summed E-state index contributed by atoms with van der Waals surface area (Å²) in [6, 6.07) is 17.8. The third kappa shape index (κ3) is 4.09. The molecular formula is C15H16O2S. The van der Waals surface area contributed by atoms with E-state index >= 15 is 0 Å². The second-order valence-electron chi connectivity index (χ2n) is 3.82. The molecular weight excluding hydrogens is 244 g/mol. The van der Waals surface area contributed by atoms with Crippen LogP contribution in [0.4, 0.5) is 0 Å². The number of aliphatic hydroxyl groups excluding tert-OH is 1. The van der Waals surface area contributed by atoms with Gasteiger partial charge in [0.05, 0.1) is 13.2 Å². The summed E-state index contributed by atoms with van der Waals surface area (Å²) in [7, 11) is 0. The summed E-state index contributed by atoms with van der Waals surface area (Å²) >= 11 is 1.78. The van der Waals surface area contributed by atoms with E-state index in [0.29, 0.717) is 6.61 Å². The quantitative estimate of drug-likeness (QED) is 0.638. The Morgan fingerprint density at radius 3 is 2.61 bits per heavy atom. The van der Waals surface area contributed by atoms with E-state index in [2.05, 4.69) is 12.1 Å². The summed E-state index contributed by atoms with van der Waals surface area (Å²) < 4.78 is 5.64. The zero-order valence-corrected chi connectivity index (χ0v) is 10.9. The molecule has 0 atom stereocenters. The summed E-state index contributed by atoms with van der Waals surface area (Å²) in [6.45, 7) is 0.713. The predicted molar refractivity (Wildman–Crippen MR) is 75.0 cm³/mol. The first-order valence-electron chi connectivity index (χ1n) is 5.89. The molecule has 0 bridgehead atoms. The normalized spacial score (nSPS) is 10.3. The predicted octanol–water partition coefficient (Wildman–Crippen LogP) is 3.35. The Labute approximate surface area is 112 Å². The van der Waals surface area contributed by atoms with Gasteiger partial charge in [0.1, 0.15) is 5.75 Å². The third-order valence-electron chi connectivity index (χ3n) is 2.45. The van der Waals surface area contributed by atoms with Crippen molar-refractivity contribution in [2.45, 2.75) is 11.5 Å². The highest BCUT2D eigenvalue weighted by atomic mass is 32.2. The Morgan fingerprint density at radius 2 is 1.83 bits per heavy atom. The van der Waals surface area contributed by atoms with E-state index < -0.39 is 0 Å². The summed E-state index contributed by atoms with van der Waals surface area (Å²) in [6.07, 6.45) is 0. The van der Waals surface area contributed by atoms with Crippen LogP contribution in [0.1, 0.15) is 5.56 Å². The smallest absolute Gasteiger partial charge is 0.119 e. The van der Waals surface area contributed by atoms with Gasteiger partial charge in [0, 0.05) is 10.6 Å². The van der Waals surface area contributed by atoms with Gasteiger partial charge in [0.2, 0.25) is 0 Å². The highest BCUT2D eigenvalue weighted by Crippen LogP contribution is 2.18. The lowest BCUT2D eigenvalue weighted by Crippen LogP contribution is -2.00. The van der Waals surface area contributed by atoms with Gasteiger partial charge >= 0.3 is 0 Å². The fourth-order valence-electron chi connectivity index (χ4n) is 1.57. The Hall–Kier alpha value is -1.45. The van der Waals surface area contributed by atoms with Crippen LogP contribution in [0, 0.1) is 0 Å². The molecule has 0 aliphatic heterocycles. The van der Waals surface area contributed by atoms with E-state index in [1.807, 2.05) is 42.5 Å². The second-order valence-corrected chi connectivity index (χ2v) is 4.98. The van der Waals surface area contributed by atoms with Gasteiger partial charge in [-0.15, -0.1) is 11.8 Å². The highest BCUT2D eigenvalue weighted by molar-refractivity contribution is 7.99.